The van der Waals surface area contributed by atoms with Crippen molar-refractivity contribution in [2.75, 3.05) is 26.2 Å². The Labute approximate surface area is 193 Å². The molecule has 0 radical (unpaired) electrons. The molecule has 2 aromatic carbocycles. The lowest BCUT2D eigenvalue weighted by Crippen LogP contribution is -2.39. The average molecular weight is 460 g/mol. The van der Waals surface area contributed by atoms with Gasteiger partial charge in [0.05, 0.1) is 17.1 Å². The number of aromatic amines is 1. The molecular formula is C25H25N5O2S. The minimum atomic E-state index is -3.63. The quantitative estimate of drug-likeness (QED) is 0.457. The molecule has 1 aliphatic rings. The van der Waals surface area contributed by atoms with Gasteiger partial charge in [-0.05, 0) is 67.7 Å². The number of sulfonamides is 1. The summed E-state index contributed by atoms with van der Waals surface area (Å²) in [7, 11) is -3.63. The van der Waals surface area contributed by atoms with Gasteiger partial charge in [-0.15, -0.1) is 0 Å². The number of para-hydroxylation sites is 1. The van der Waals surface area contributed by atoms with Crippen LogP contribution in [0, 0.1) is 11.3 Å². The maximum atomic E-state index is 12.9. The third kappa shape index (κ3) is 4.35. The second kappa shape index (κ2) is 8.94. The summed E-state index contributed by atoms with van der Waals surface area (Å²) in [6, 6.07) is 16.8. The van der Waals surface area contributed by atoms with Crippen LogP contribution in [0.25, 0.3) is 21.8 Å². The fourth-order valence-corrected chi connectivity index (χ4v) is 5.92. The van der Waals surface area contributed by atoms with Gasteiger partial charge in [-0.2, -0.15) is 5.26 Å². The van der Waals surface area contributed by atoms with Crippen molar-refractivity contribution in [3.05, 3.63) is 72.1 Å². The number of benzene rings is 2. The molecule has 0 amide bonds. The topological polar surface area (TPSA) is 102 Å². The maximum Gasteiger partial charge on any atom is 0.242 e. The molecule has 168 valence electrons. The van der Waals surface area contributed by atoms with Gasteiger partial charge < -0.3 is 9.88 Å². The molecule has 0 atom stereocenters. The molecule has 1 fully saturated rings. The van der Waals surface area contributed by atoms with Crippen molar-refractivity contribution in [2.24, 2.45) is 0 Å². The van der Waals surface area contributed by atoms with Crippen molar-refractivity contribution in [1.29, 1.82) is 5.26 Å². The van der Waals surface area contributed by atoms with Crippen LogP contribution in [-0.4, -0.2) is 49.5 Å². The molecule has 8 heteroatoms. The minimum Gasteiger partial charge on any atom is -0.361 e. The summed E-state index contributed by atoms with van der Waals surface area (Å²) in [6.45, 7) is 2.84. The Morgan fingerprint density at radius 3 is 2.79 bits per heavy atom. The van der Waals surface area contributed by atoms with Crippen LogP contribution in [0.1, 0.15) is 29.9 Å². The summed E-state index contributed by atoms with van der Waals surface area (Å²) in [5.74, 6) is 0.433. The largest absolute Gasteiger partial charge is 0.361 e. The molecule has 0 bridgehead atoms. The van der Waals surface area contributed by atoms with E-state index in [1.165, 1.54) is 5.56 Å². The molecule has 7 nitrogen and oxygen atoms in total. The first-order valence-corrected chi connectivity index (χ1v) is 12.6. The van der Waals surface area contributed by atoms with Gasteiger partial charge in [0.15, 0.2) is 0 Å². The molecule has 0 saturated carbocycles. The van der Waals surface area contributed by atoms with E-state index in [0.717, 1.165) is 42.2 Å². The van der Waals surface area contributed by atoms with Gasteiger partial charge >= 0.3 is 0 Å². The monoisotopic (exact) mass is 459 g/mol. The summed E-state index contributed by atoms with van der Waals surface area (Å²) in [4.78, 5) is 10.1. The number of fused-ring (bicyclic) bond motifs is 2. The van der Waals surface area contributed by atoms with Crippen LogP contribution in [0.2, 0.25) is 0 Å². The lowest BCUT2D eigenvalue weighted by molar-refractivity contribution is 0.216. The second-order valence-corrected chi connectivity index (χ2v) is 10.2. The summed E-state index contributed by atoms with van der Waals surface area (Å²) in [5, 5.41) is 11.2. The van der Waals surface area contributed by atoms with Gasteiger partial charge in [0.25, 0.3) is 0 Å². The molecule has 3 heterocycles. The molecule has 4 aromatic rings. The molecule has 0 spiro atoms. The Morgan fingerprint density at radius 2 is 1.97 bits per heavy atom. The van der Waals surface area contributed by atoms with E-state index in [9.17, 15) is 13.7 Å². The van der Waals surface area contributed by atoms with Gasteiger partial charge in [0.1, 0.15) is 4.90 Å². The number of nitrogens with zero attached hydrogens (tertiary/aromatic N) is 3. The van der Waals surface area contributed by atoms with E-state index in [1.54, 1.807) is 24.4 Å². The van der Waals surface area contributed by atoms with Crippen LogP contribution in [0.15, 0.2) is 65.8 Å². The van der Waals surface area contributed by atoms with Gasteiger partial charge in [0.2, 0.25) is 10.0 Å². The van der Waals surface area contributed by atoms with Crippen LogP contribution in [0.4, 0.5) is 0 Å². The third-order valence-electron chi connectivity index (χ3n) is 6.48. The molecule has 0 aliphatic carbocycles. The predicted molar refractivity (Wildman–Crippen MR) is 128 cm³/mol. The molecule has 0 unspecified atom stereocenters. The normalized spacial score (nSPS) is 15.7. The number of rotatable bonds is 6. The Balaban J connectivity index is 1.19. The summed E-state index contributed by atoms with van der Waals surface area (Å²) in [5.41, 5.74) is 3.50. The smallest absolute Gasteiger partial charge is 0.242 e. The number of aromatic nitrogens is 2. The first-order valence-electron chi connectivity index (χ1n) is 11.1. The first kappa shape index (κ1) is 21.6. The Bertz CT molecular complexity index is 1440. The minimum absolute atomic E-state index is 0.218. The molecule has 2 aromatic heterocycles. The summed E-state index contributed by atoms with van der Waals surface area (Å²) >= 11 is 0. The molecule has 1 saturated heterocycles. The number of piperidine rings is 1. The summed E-state index contributed by atoms with van der Waals surface area (Å²) < 4.78 is 28.5. The predicted octanol–water partition coefficient (Wildman–Crippen LogP) is 3.75. The molecular weight excluding hydrogens is 434 g/mol. The number of H-pyrrole nitrogens is 1. The van der Waals surface area contributed by atoms with Crippen molar-refractivity contribution in [3.8, 4) is 6.07 Å². The highest BCUT2D eigenvalue weighted by Crippen LogP contribution is 2.33. The lowest BCUT2D eigenvalue weighted by Gasteiger charge is -2.32. The number of likely N-dealkylation sites (tertiary alicyclic amines) is 1. The zero-order chi connectivity index (χ0) is 22.8. The van der Waals surface area contributed by atoms with Crippen molar-refractivity contribution in [2.45, 2.75) is 23.7 Å². The Morgan fingerprint density at radius 1 is 1.15 bits per heavy atom. The van der Waals surface area contributed by atoms with Crippen molar-refractivity contribution >= 4 is 31.8 Å². The van der Waals surface area contributed by atoms with E-state index in [2.05, 4.69) is 31.9 Å². The highest BCUT2D eigenvalue weighted by Gasteiger charge is 2.24. The number of nitriles is 1. The van der Waals surface area contributed by atoms with Crippen molar-refractivity contribution in [1.82, 2.24) is 19.6 Å². The summed E-state index contributed by atoms with van der Waals surface area (Å²) in [6.07, 6.45) is 5.69. The Hall–Kier alpha value is -3.25. The van der Waals surface area contributed by atoms with E-state index in [4.69, 9.17) is 0 Å². The SMILES string of the molecule is N#Cc1ccc2[nH]cc(C3CCN(CCNS(=O)(=O)c4cccc5cccnc45)CC3)c2c1. The first-order chi connectivity index (χ1) is 16.0. The van der Waals surface area contributed by atoms with Crippen LogP contribution in [0.3, 0.4) is 0 Å². The van der Waals surface area contributed by atoms with E-state index in [1.807, 2.05) is 30.3 Å². The van der Waals surface area contributed by atoms with Gasteiger partial charge in [-0.3, -0.25) is 4.98 Å². The van der Waals surface area contributed by atoms with Crippen LogP contribution in [-0.2, 0) is 10.0 Å². The maximum absolute atomic E-state index is 12.9. The van der Waals surface area contributed by atoms with Gasteiger partial charge in [-0.1, -0.05) is 18.2 Å². The van der Waals surface area contributed by atoms with Crippen molar-refractivity contribution < 1.29 is 8.42 Å². The van der Waals surface area contributed by atoms with Gasteiger partial charge in [0, 0.05) is 41.8 Å². The van der Waals surface area contributed by atoms with Gasteiger partial charge in [-0.25, -0.2) is 13.1 Å². The Kier molecular flexibility index (Phi) is 5.85. The fourth-order valence-electron chi connectivity index (χ4n) is 4.73. The van der Waals surface area contributed by atoms with Crippen molar-refractivity contribution in [3.63, 3.8) is 0 Å². The average Bonchev–Trinajstić information content (AvgIpc) is 3.27. The molecule has 2 N–H and O–H groups in total. The van der Waals surface area contributed by atoms with E-state index < -0.39 is 10.0 Å². The van der Waals surface area contributed by atoms with Crippen LogP contribution >= 0.6 is 0 Å². The number of nitrogens with one attached hydrogen (secondary N) is 2. The number of pyridine rings is 1. The number of hydrogen-bond acceptors (Lipinski definition) is 5. The van der Waals surface area contributed by atoms with E-state index in [0.29, 0.717) is 30.1 Å². The molecule has 1 aliphatic heterocycles. The molecule has 5 rings (SSSR count). The fraction of sp³-hybridized carbons (Fsp3) is 0.280. The lowest BCUT2D eigenvalue weighted by atomic mass is 9.89. The zero-order valence-electron chi connectivity index (χ0n) is 18.2. The highest BCUT2D eigenvalue weighted by molar-refractivity contribution is 7.89. The third-order valence-corrected chi connectivity index (χ3v) is 7.97. The zero-order valence-corrected chi connectivity index (χ0v) is 19.0. The molecule has 33 heavy (non-hydrogen) atoms. The standard InChI is InChI=1S/C25H25N5O2S/c26-16-18-6-7-23-21(15-18)22(17-28-23)19-8-12-30(13-9-19)14-11-29-33(31,32)24-5-1-3-20-4-2-10-27-25(20)24/h1-7,10,15,17,19,28-29H,8-9,11-14H2. The highest BCUT2D eigenvalue weighted by atomic mass is 32.2. The number of hydrogen-bond donors (Lipinski definition) is 2. The second-order valence-electron chi connectivity index (χ2n) is 8.46. The van der Waals surface area contributed by atoms with Crippen LogP contribution in [0.5, 0.6) is 0 Å². The van der Waals surface area contributed by atoms with E-state index in [-0.39, 0.29) is 4.90 Å². The van der Waals surface area contributed by atoms with Crippen LogP contribution < -0.4 is 4.72 Å². The van der Waals surface area contributed by atoms with E-state index >= 15 is 0 Å².